The van der Waals surface area contributed by atoms with Crippen LogP contribution in [0.4, 0.5) is 0 Å². The van der Waals surface area contributed by atoms with E-state index in [1.807, 2.05) is 19.0 Å². The van der Waals surface area contributed by atoms with E-state index < -0.39 is 0 Å². The molecule has 0 spiro atoms. The number of halogens is 2. The monoisotopic (exact) mass is 219 g/mol. The molecule has 0 unspecified atom stereocenters. The second kappa shape index (κ2) is 4.18. The number of benzene rings is 1. The number of hydrogen-bond donors (Lipinski definition) is 1. The summed E-state index contributed by atoms with van der Waals surface area (Å²) in [6.07, 6.45) is 0. The highest BCUT2D eigenvalue weighted by molar-refractivity contribution is 6.34. The van der Waals surface area contributed by atoms with Gasteiger partial charge in [0, 0.05) is 17.6 Å². The lowest BCUT2D eigenvalue weighted by Crippen LogP contribution is -2.10. The molecule has 1 aromatic carbocycles. The first-order chi connectivity index (χ1) is 6.00. The van der Waals surface area contributed by atoms with Crippen LogP contribution in [0.15, 0.2) is 12.1 Å². The Morgan fingerprint density at radius 1 is 1.23 bits per heavy atom. The molecule has 1 N–H and O–H groups in total. The highest BCUT2D eigenvalue weighted by Crippen LogP contribution is 2.30. The van der Waals surface area contributed by atoms with E-state index in [2.05, 4.69) is 0 Å². The van der Waals surface area contributed by atoms with Crippen LogP contribution < -0.4 is 0 Å². The quantitative estimate of drug-likeness (QED) is 0.828. The van der Waals surface area contributed by atoms with Crippen molar-refractivity contribution in [2.24, 2.45) is 0 Å². The SMILES string of the molecule is CN(C)Cc1cc(Cl)c(O)cc1Cl. The number of phenols is 1. The van der Waals surface area contributed by atoms with Crippen molar-refractivity contribution < 1.29 is 5.11 Å². The fraction of sp³-hybridized carbons (Fsp3) is 0.333. The molecule has 0 saturated carbocycles. The van der Waals surface area contributed by atoms with E-state index in [0.29, 0.717) is 16.6 Å². The van der Waals surface area contributed by atoms with Crippen LogP contribution in [0.1, 0.15) is 5.56 Å². The molecule has 0 bridgehead atoms. The lowest BCUT2D eigenvalue weighted by Gasteiger charge is -2.11. The summed E-state index contributed by atoms with van der Waals surface area (Å²) >= 11 is 11.6. The second-order valence-corrected chi connectivity index (χ2v) is 3.95. The van der Waals surface area contributed by atoms with Gasteiger partial charge >= 0.3 is 0 Å². The largest absolute Gasteiger partial charge is 0.506 e. The first kappa shape index (κ1) is 10.6. The van der Waals surface area contributed by atoms with Gasteiger partial charge in [-0.3, -0.25) is 0 Å². The van der Waals surface area contributed by atoms with Crippen LogP contribution in [0.5, 0.6) is 5.75 Å². The minimum Gasteiger partial charge on any atom is -0.506 e. The Morgan fingerprint density at radius 2 is 1.85 bits per heavy atom. The van der Waals surface area contributed by atoms with Crippen LogP contribution in [-0.2, 0) is 6.54 Å². The van der Waals surface area contributed by atoms with Crippen LogP contribution >= 0.6 is 23.2 Å². The third-order valence-corrected chi connectivity index (χ3v) is 2.26. The van der Waals surface area contributed by atoms with E-state index in [9.17, 15) is 5.11 Å². The first-order valence-electron chi connectivity index (χ1n) is 3.82. The van der Waals surface area contributed by atoms with Gasteiger partial charge in [-0.05, 0) is 25.7 Å². The zero-order valence-corrected chi connectivity index (χ0v) is 9.02. The number of phenolic OH excluding ortho intramolecular Hbond substituents is 1. The molecule has 0 amide bonds. The Hall–Kier alpha value is -0.440. The molecule has 0 aliphatic heterocycles. The predicted molar refractivity (Wildman–Crippen MR) is 55.5 cm³/mol. The number of nitrogens with zero attached hydrogens (tertiary/aromatic N) is 1. The van der Waals surface area contributed by atoms with Gasteiger partial charge in [0.25, 0.3) is 0 Å². The molecule has 0 atom stereocenters. The zero-order valence-electron chi connectivity index (χ0n) is 7.51. The van der Waals surface area contributed by atoms with Crippen molar-refractivity contribution in [2.45, 2.75) is 6.54 Å². The molecule has 0 heterocycles. The van der Waals surface area contributed by atoms with Gasteiger partial charge in [0.1, 0.15) is 5.75 Å². The molecule has 13 heavy (non-hydrogen) atoms. The summed E-state index contributed by atoms with van der Waals surface area (Å²) in [4.78, 5) is 1.98. The molecular formula is C9H11Cl2NO. The molecule has 0 saturated heterocycles. The third-order valence-electron chi connectivity index (χ3n) is 1.60. The van der Waals surface area contributed by atoms with E-state index >= 15 is 0 Å². The highest BCUT2D eigenvalue weighted by atomic mass is 35.5. The summed E-state index contributed by atoms with van der Waals surface area (Å²) in [5, 5.41) is 10.1. The smallest absolute Gasteiger partial charge is 0.135 e. The van der Waals surface area contributed by atoms with Gasteiger partial charge in [-0.1, -0.05) is 23.2 Å². The molecule has 0 aromatic heterocycles. The summed E-state index contributed by atoms with van der Waals surface area (Å²) < 4.78 is 0. The maximum absolute atomic E-state index is 9.23. The van der Waals surface area contributed by atoms with E-state index in [1.54, 1.807) is 6.07 Å². The van der Waals surface area contributed by atoms with Crippen LogP contribution in [0.25, 0.3) is 0 Å². The summed E-state index contributed by atoms with van der Waals surface area (Å²) in [5.74, 6) is 0.0224. The second-order valence-electron chi connectivity index (χ2n) is 3.13. The van der Waals surface area contributed by atoms with Crippen molar-refractivity contribution in [1.82, 2.24) is 4.90 Å². The summed E-state index contributed by atoms with van der Waals surface area (Å²) in [7, 11) is 3.88. The average molecular weight is 220 g/mol. The molecule has 1 rings (SSSR count). The lowest BCUT2D eigenvalue weighted by molar-refractivity contribution is 0.402. The molecular weight excluding hydrogens is 209 g/mol. The van der Waals surface area contributed by atoms with Crippen molar-refractivity contribution in [3.05, 3.63) is 27.7 Å². The van der Waals surface area contributed by atoms with Crippen LogP contribution in [0.2, 0.25) is 10.0 Å². The Kier molecular flexibility index (Phi) is 3.42. The van der Waals surface area contributed by atoms with Crippen molar-refractivity contribution in [3.63, 3.8) is 0 Å². The van der Waals surface area contributed by atoms with Gasteiger partial charge in [-0.2, -0.15) is 0 Å². The van der Waals surface area contributed by atoms with E-state index in [4.69, 9.17) is 23.2 Å². The molecule has 72 valence electrons. The first-order valence-corrected chi connectivity index (χ1v) is 4.58. The minimum absolute atomic E-state index is 0.0224. The number of rotatable bonds is 2. The van der Waals surface area contributed by atoms with Gasteiger partial charge in [-0.15, -0.1) is 0 Å². The maximum Gasteiger partial charge on any atom is 0.135 e. The minimum atomic E-state index is 0.0224. The molecule has 0 radical (unpaired) electrons. The molecule has 0 fully saturated rings. The normalized spacial score (nSPS) is 10.8. The van der Waals surface area contributed by atoms with Gasteiger partial charge in [-0.25, -0.2) is 0 Å². The molecule has 4 heteroatoms. The van der Waals surface area contributed by atoms with Crippen molar-refractivity contribution >= 4 is 23.2 Å². The fourth-order valence-electron chi connectivity index (χ4n) is 1.04. The molecule has 1 aromatic rings. The van der Waals surface area contributed by atoms with Gasteiger partial charge in [0.05, 0.1) is 5.02 Å². The Bertz CT molecular complexity index is 313. The van der Waals surface area contributed by atoms with Gasteiger partial charge < -0.3 is 10.0 Å². The third kappa shape index (κ3) is 2.76. The number of hydrogen-bond acceptors (Lipinski definition) is 2. The van der Waals surface area contributed by atoms with E-state index in [0.717, 1.165) is 5.56 Å². The van der Waals surface area contributed by atoms with Gasteiger partial charge in [0.2, 0.25) is 0 Å². The maximum atomic E-state index is 9.23. The standard InChI is InChI=1S/C9H11Cl2NO/c1-12(2)5-6-3-8(11)9(13)4-7(6)10/h3-4,13H,5H2,1-2H3. The van der Waals surface area contributed by atoms with Crippen molar-refractivity contribution in [3.8, 4) is 5.75 Å². The summed E-state index contributed by atoms with van der Waals surface area (Å²) in [6, 6.07) is 3.14. The van der Waals surface area contributed by atoms with E-state index in [1.165, 1.54) is 6.07 Å². The number of aromatic hydroxyl groups is 1. The zero-order chi connectivity index (χ0) is 10.0. The van der Waals surface area contributed by atoms with Gasteiger partial charge in [0.15, 0.2) is 0 Å². The van der Waals surface area contributed by atoms with Crippen LogP contribution in [0.3, 0.4) is 0 Å². The molecule has 0 aliphatic rings. The van der Waals surface area contributed by atoms with Crippen molar-refractivity contribution in [2.75, 3.05) is 14.1 Å². The molecule has 0 aliphatic carbocycles. The fourth-order valence-corrected chi connectivity index (χ4v) is 1.44. The van der Waals surface area contributed by atoms with Crippen LogP contribution in [-0.4, -0.2) is 24.1 Å². The Morgan fingerprint density at radius 3 is 2.38 bits per heavy atom. The van der Waals surface area contributed by atoms with Crippen LogP contribution in [0, 0.1) is 0 Å². The summed E-state index contributed by atoms with van der Waals surface area (Å²) in [5.41, 5.74) is 0.912. The highest BCUT2D eigenvalue weighted by Gasteiger charge is 2.06. The summed E-state index contributed by atoms with van der Waals surface area (Å²) in [6.45, 7) is 0.707. The molecule has 2 nitrogen and oxygen atoms in total. The predicted octanol–water partition coefficient (Wildman–Crippen LogP) is 2.76. The van der Waals surface area contributed by atoms with Crippen molar-refractivity contribution in [1.29, 1.82) is 0 Å². The Labute approximate surface area is 87.7 Å². The lowest BCUT2D eigenvalue weighted by atomic mass is 10.2. The average Bonchev–Trinajstić information content (AvgIpc) is 1.99. The van der Waals surface area contributed by atoms with E-state index in [-0.39, 0.29) is 5.75 Å². The Balaban J connectivity index is 3.01. The topological polar surface area (TPSA) is 23.5 Å².